The molecule has 0 bridgehead atoms. The van der Waals surface area contributed by atoms with Crippen molar-refractivity contribution in [3.05, 3.63) is 80.0 Å². The van der Waals surface area contributed by atoms with Crippen molar-refractivity contribution in [3.8, 4) is 0 Å². The second-order valence-corrected chi connectivity index (χ2v) is 8.75. The normalized spacial score (nSPS) is 15.5. The molecule has 0 amide bonds. The van der Waals surface area contributed by atoms with Gasteiger partial charge in [0.05, 0.1) is 0 Å². The van der Waals surface area contributed by atoms with E-state index in [-0.39, 0.29) is 11.7 Å². The van der Waals surface area contributed by atoms with Gasteiger partial charge >= 0.3 is 0 Å². The van der Waals surface area contributed by atoms with Crippen LogP contribution in [0.2, 0.25) is 0 Å². The van der Waals surface area contributed by atoms with Gasteiger partial charge in [-0.05, 0) is 17.7 Å². The Morgan fingerprint density at radius 2 is 1.61 bits per heavy atom. The monoisotopic (exact) mass is 404 g/mol. The summed E-state index contributed by atoms with van der Waals surface area (Å²) in [6, 6.07) is 17.9. The van der Waals surface area contributed by atoms with E-state index in [4.69, 9.17) is 0 Å². The number of ketones is 1. The van der Waals surface area contributed by atoms with Gasteiger partial charge in [0, 0.05) is 37.3 Å². The largest absolute Gasteiger partial charge is 0.289 e. The second-order valence-electron chi connectivity index (χ2n) is 5.37. The van der Waals surface area contributed by atoms with Gasteiger partial charge in [-0.2, -0.15) is 0 Å². The maximum absolute atomic E-state index is 13.1. The third-order valence-corrected chi connectivity index (χ3v) is 7.13. The molecule has 23 heavy (non-hydrogen) atoms. The van der Waals surface area contributed by atoms with Crippen molar-refractivity contribution in [2.45, 2.75) is 12.8 Å². The van der Waals surface area contributed by atoms with Gasteiger partial charge in [0.2, 0.25) is 0 Å². The number of hydrogen-bond donors (Lipinski definition) is 0. The predicted octanol–water partition coefficient (Wildman–Crippen LogP) is 6.13. The van der Waals surface area contributed by atoms with Gasteiger partial charge in [0.1, 0.15) is 0 Å². The van der Waals surface area contributed by atoms with Crippen molar-refractivity contribution >= 4 is 45.2 Å². The molecule has 2 aromatic carbocycles. The summed E-state index contributed by atoms with van der Waals surface area (Å²) >= 11 is 7.10. The third kappa shape index (κ3) is 3.93. The lowest BCUT2D eigenvalue weighted by Gasteiger charge is -2.18. The Morgan fingerprint density at radius 1 is 1.00 bits per heavy atom. The summed E-state index contributed by atoms with van der Waals surface area (Å²) in [7, 11) is 0. The summed E-state index contributed by atoms with van der Waals surface area (Å²) in [5.41, 5.74) is 2.88. The molecule has 1 unspecified atom stereocenters. The van der Waals surface area contributed by atoms with Gasteiger partial charge in [0.25, 0.3) is 0 Å². The van der Waals surface area contributed by atoms with Gasteiger partial charge in [-0.25, -0.2) is 0 Å². The van der Waals surface area contributed by atoms with E-state index in [1.165, 1.54) is 9.80 Å². The van der Waals surface area contributed by atoms with Gasteiger partial charge in [-0.15, -0.1) is 23.5 Å². The molecule has 2 aromatic rings. The number of thioether (sulfide) groups is 2. The lowest BCUT2D eigenvalue weighted by molar-refractivity contribution is 0.102. The van der Waals surface area contributed by atoms with E-state index < -0.39 is 0 Å². The van der Waals surface area contributed by atoms with Crippen LogP contribution in [0.25, 0.3) is 0 Å². The van der Waals surface area contributed by atoms with Gasteiger partial charge in [-0.1, -0.05) is 65.3 Å². The zero-order valence-electron chi connectivity index (χ0n) is 12.8. The van der Waals surface area contributed by atoms with E-state index in [1.54, 1.807) is 0 Å². The summed E-state index contributed by atoms with van der Waals surface area (Å²) in [5.74, 6) is 2.40. The Kier molecular flexibility index (Phi) is 5.67. The molecule has 0 saturated carbocycles. The van der Waals surface area contributed by atoms with E-state index >= 15 is 0 Å². The maximum Gasteiger partial charge on any atom is 0.191 e. The summed E-state index contributed by atoms with van der Waals surface area (Å²) in [4.78, 5) is 13.1. The first-order chi connectivity index (χ1) is 11.2. The van der Waals surface area contributed by atoms with Crippen molar-refractivity contribution in [2.75, 3.05) is 11.5 Å². The molecule has 1 atom stereocenters. The molecule has 0 spiro atoms. The second kappa shape index (κ2) is 7.73. The number of carbonyl (C=O) groups is 1. The fourth-order valence-electron chi connectivity index (χ4n) is 2.60. The molecular weight excluding hydrogens is 388 g/mol. The molecule has 1 nitrogen and oxygen atoms in total. The molecule has 3 rings (SSSR count). The van der Waals surface area contributed by atoms with Crippen molar-refractivity contribution in [2.24, 2.45) is 0 Å². The number of allylic oxidation sites excluding steroid dienone is 1. The Morgan fingerprint density at radius 3 is 2.22 bits per heavy atom. The van der Waals surface area contributed by atoms with E-state index in [2.05, 4.69) is 35.0 Å². The first-order valence-corrected chi connectivity index (χ1v) is 10.3. The Balaban J connectivity index is 2.01. The number of Topliss-reactive ketones (excluding diaryl/α,β-unsaturated/α-hetero) is 1. The molecule has 4 heteroatoms. The molecule has 0 N–H and O–H groups in total. The molecule has 0 radical (unpaired) electrons. The average Bonchev–Trinajstić information content (AvgIpc) is 3.10. The minimum absolute atomic E-state index is 0.0870. The highest BCUT2D eigenvalue weighted by Crippen LogP contribution is 2.43. The molecule has 1 aliphatic heterocycles. The standard InChI is InChI=1S/C19H17BrOS2/c1-13(14-7-9-16(20)10-8-14)17(19-22-11-12-23-19)18(21)15-5-3-2-4-6-15/h2-10,13H,11-12H2,1H3. The molecule has 1 saturated heterocycles. The summed E-state index contributed by atoms with van der Waals surface area (Å²) in [6.07, 6.45) is 0. The molecule has 1 heterocycles. The maximum atomic E-state index is 13.1. The Hall–Kier alpha value is -0.970. The lowest BCUT2D eigenvalue weighted by atomic mass is 9.89. The minimum atomic E-state index is 0.0870. The third-order valence-electron chi connectivity index (χ3n) is 3.85. The smallest absolute Gasteiger partial charge is 0.191 e. The van der Waals surface area contributed by atoms with E-state index in [0.717, 1.165) is 27.1 Å². The van der Waals surface area contributed by atoms with Crippen LogP contribution in [0.1, 0.15) is 28.8 Å². The summed E-state index contributed by atoms with van der Waals surface area (Å²) in [5, 5.41) is 0. The number of hydrogen-bond acceptors (Lipinski definition) is 3. The van der Waals surface area contributed by atoms with E-state index in [0.29, 0.717) is 0 Å². The van der Waals surface area contributed by atoms with Crippen LogP contribution < -0.4 is 0 Å². The van der Waals surface area contributed by atoms with Crippen molar-refractivity contribution < 1.29 is 4.79 Å². The molecule has 0 aliphatic carbocycles. The Bertz CT molecular complexity index is 715. The van der Waals surface area contributed by atoms with E-state index in [1.807, 2.05) is 66.0 Å². The zero-order valence-corrected chi connectivity index (χ0v) is 16.0. The van der Waals surface area contributed by atoms with Crippen LogP contribution in [-0.4, -0.2) is 17.3 Å². The topological polar surface area (TPSA) is 17.1 Å². The zero-order chi connectivity index (χ0) is 16.2. The molecular formula is C19H17BrOS2. The average molecular weight is 405 g/mol. The van der Waals surface area contributed by atoms with Crippen LogP contribution in [0.3, 0.4) is 0 Å². The molecule has 118 valence electrons. The molecule has 0 aromatic heterocycles. The fraction of sp³-hybridized carbons (Fsp3) is 0.211. The number of benzene rings is 2. The number of rotatable bonds is 4. The van der Waals surface area contributed by atoms with Crippen LogP contribution in [0.4, 0.5) is 0 Å². The van der Waals surface area contributed by atoms with Gasteiger partial charge in [0.15, 0.2) is 5.78 Å². The Labute approximate surface area is 154 Å². The lowest BCUT2D eigenvalue weighted by Crippen LogP contribution is -2.11. The van der Waals surface area contributed by atoms with E-state index in [9.17, 15) is 4.79 Å². The minimum Gasteiger partial charge on any atom is -0.289 e. The highest BCUT2D eigenvalue weighted by Gasteiger charge is 2.26. The van der Waals surface area contributed by atoms with Crippen LogP contribution >= 0.6 is 39.5 Å². The molecule has 1 aliphatic rings. The van der Waals surface area contributed by atoms with Gasteiger partial charge in [-0.3, -0.25) is 4.79 Å². The first-order valence-electron chi connectivity index (χ1n) is 7.52. The summed E-state index contributed by atoms with van der Waals surface area (Å²) < 4.78 is 2.25. The first kappa shape index (κ1) is 16.9. The van der Waals surface area contributed by atoms with Crippen molar-refractivity contribution in [1.82, 2.24) is 0 Å². The van der Waals surface area contributed by atoms with Crippen LogP contribution in [0.15, 0.2) is 68.9 Å². The molecule has 1 fully saturated rings. The number of carbonyl (C=O) groups excluding carboxylic acids is 1. The number of halogens is 1. The highest BCUT2D eigenvalue weighted by molar-refractivity contribution is 9.10. The highest BCUT2D eigenvalue weighted by atomic mass is 79.9. The van der Waals surface area contributed by atoms with Crippen LogP contribution in [0.5, 0.6) is 0 Å². The van der Waals surface area contributed by atoms with Crippen LogP contribution in [-0.2, 0) is 0 Å². The SMILES string of the molecule is CC(C(C(=O)c1ccccc1)=C1SCCS1)c1ccc(Br)cc1. The van der Waals surface area contributed by atoms with Crippen LogP contribution in [0, 0.1) is 0 Å². The fourth-order valence-corrected chi connectivity index (χ4v) is 5.58. The van der Waals surface area contributed by atoms with Crippen molar-refractivity contribution in [1.29, 1.82) is 0 Å². The van der Waals surface area contributed by atoms with Crippen molar-refractivity contribution in [3.63, 3.8) is 0 Å². The summed E-state index contributed by atoms with van der Waals surface area (Å²) in [6.45, 7) is 2.13. The quantitative estimate of drug-likeness (QED) is 0.450. The predicted molar refractivity (Wildman–Crippen MR) is 105 cm³/mol. The van der Waals surface area contributed by atoms with Gasteiger partial charge < -0.3 is 0 Å².